The number of hydrogen-bond acceptors (Lipinski definition) is 2. The van der Waals surface area contributed by atoms with E-state index in [0.717, 1.165) is 12.0 Å². The van der Waals surface area contributed by atoms with Crippen LogP contribution in [0, 0.1) is 11.3 Å². The van der Waals surface area contributed by atoms with Gasteiger partial charge in [0.05, 0.1) is 0 Å². The maximum absolute atomic E-state index is 9.66. The normalized spacial score (nSPS) is 14.6. The second-order valence-corrected chi connectivity index (χ2v) is 6.49. The van der Waals surface area contributed by atoms with E-state index in [-0.39, 0.29) is 22.3 Å². The lowest BCUT2D eigenvalue weighted by Gasteiger charge is -2.42. The van der Waals surface area contributed by atoms with Crippen molar-refractivity contribution < 1.29 is 10.2 Å². The summed E-state index contributed by atoms with van der Waals surface area (Å²) in [5.74, 6) is 0.359. The maximum atomic E-state index is 9.66. The fraction of sp³-hybridized carbons (Fsp3) is 0.625. The molecule has 1 atom stereocenters. The molecule has 0 aliphatic rings. The molecule has 1 rings (SSSR count). The van der Waals surface area contributed by atoms with Crippen LogP contribution in [0.5, 0.6) is 11.5 Å². The topological polar surface area (TPSA) is 40.5 Å². The third-order valence-electron chi connectivity index (χ3n) is 4.89. The fourth-order valence-electron chi connectivity index (χ4n) is 2.46. The zero-order valence-electron chi connectivity index (χ0n) is 12.4. The highest BCUT2D eigenvalue weighted by Gasteiger charge is 2.37. The summed E-state index contributed by atoms with van der Waals surface area (Å²) < 4.78 is 0. The first kappa shape index (κ1) is 14.9. The molecule has 1 aromatic rings. The van der Waals surface area contributed by atoms with Gasteiger partial charge in [-0.15, -0.1) is 0 Å². The van der Waals surface area contributed by atoms with Gasteiger partial charge in [0.25, 0.3) is 0 Å². The van der Waals surface area contributed by atoms with Gasteiger partial charge < -0.3 is 10.2 Å². The number of phenolic OH excluding ortho intramolecular Hbond substituents is 2. The first-order valence-electron chi connectivity index (χ1n) is 6.65. The summed E-state index contributed by atoms with van der Waals surface area (Å²) in [6, 6.07) is 5.15. The lowest BCUT2D eigenvalue weighted by atomic mass is 9.62. The van der Waals surface area contributed by atoms with Crippen LogP contribution in [-0.4, -0.2) is 10.2 Å². The van der Waals surface area contributed by atoms with Crippen LogP contribution in [0.1, 0.15) is 53.5 Å². The van der Waals surface area contributed by atoms with Gasteiger partial charge in [0.1, 0.15) is 0 Å². The molecular weight excluding hydrogens is 224 g/mol. The highest BCUT2D eigenvalue weighted by atomic mass is 16.3. The SMILES string of the molecule is CCC(C)(C)C(C)C(C)(C)c1ccc(O)c(O)c1. The molecule has 0 radical (unpaired) electrons. The Kier molecular flexibility index (Phi) is 3.99. The van der Waals surface area contributed by atoms with Gasteiger partial charge >= 0.3 is 0 Å². The van der Waals surface area contributed by atoms with E-state index < -0.39 is 0 Å². The van der Waals surface area contributed by atoms with E-state index in [0.29, 0.717) is 5.92 Å². The van der Waals surface area contributed by atoms with Crippen molar-refractivity contribution in [3.63, 3.8) is 0 Å². The van der Waals surface area contributed by atoms with Crippen LogP contribution >= 0.6 is 0 Å². The quantitative estimate of drug-likeness (QED) is 0.775. The Balaban J connectivity index is 3.16. The molecule has 0 aliphatic heterocycles. The Labute approximate surface area is 111 Å². The number of hydrogen-bond donors (Lipinski definition) is 2. The van der Waals surface area contributed by atoms with Gasteiger partial charge in [0.2, 0.25) is 0 Å². The minimum atomic E-state index is -0.0584. The molecular formula is C16H26O2. The number of aromatic hydroxyl groups is 2. The van der Waals surface area contributed by atoms with E-state index in [1.807, 2.05) is 6.07 Å². The van der Waals surface area contributed by atoms with Crippen LogP contribution in [0.25, 0.3) is 0 Å². The van der Waals surface area contributed by atoms with Crippen molar-refractivity contribution in [3.8, 4) is 11.5 Å². The number of phenols is 2. The zero-order valence-corrected chi connectivity index (χ0v) is 12.4. The molecule has 0 bridgehead atoms. The van der Waals surface area contributed by atoms with Gasteiger partial charge in [0.15, 0.2) is 11.5 Å². The zero-order chi connectivity index (χ0) is 14.1. The predicted molar refractivity (Wildman–Crippen MR) is 76.0 cm³/mol. The number of benzene rings is 1. The van der Waals surface area contributed by atoms with Gasteiger partial charge in [-0.2, -0.15) is 0 Å². The molecule has 1 aromatic carbocycles. The van der Waals surface area contributed by atoms with E-state index >= 15 is 0 Å². The van der Waals surface area contributed by atoms with Crippen LogP contribution in [0.3, 0.4) is 0 Å². The summed E-state index contributed by atoms with van der Waals surface area (Å²) >= 11 is 0. The van der Waals surface area contributed by atoms with Crippen molar-refractivity contribution in [2.24, 2.45) is 11.3 Å². The highest BCUT2D eigenvalue weighted by Crippen LogP contribution is 2.45. The smallest absolute Gasteiger partial charge is 0.157 e. The van der Waals surface area contributed by atoms with E-state index in [2.05, 4.69) is 41.5 Å². The van der Waals surface area contributed by atoms with E-state index in [1.165, 1.54) is 0 Å². The molecule has 18 heavy (non-hydrogen) atoms. The molecule has 0 aromatic heterocycles. The molecule has 0 amide bonds. The lowest BCUT2D eigenvalue weighted by molar-refractivity contribution is 0.140. The summed E-state index contributed by atoms with van der Waals surface area (Å²) in [5.41, 5.74) is 1.24. The van der Waals surface area contributed by atoms with Gasteiger partial charge in [0, 0.05) is 0 Å². The minimum Gasteiger partial charge on any atom is -0.504 e. The molecule has 0 aliphatic carbocycles. The molecule has 0 saturated carbocycles. The highest BCUT2D eigenvalue weighted by molar-refractivity contribution is 5.43. The first-order valence-corrected chi connectivity index (χ1v) is 6.65. The second-order valence-electron chi connectivity index (χ2n) is 6.49. The Morgan fingerprint density at radius 2 is 1.61 bits per heavy atom. The summed E-state index contributed by atoms with van der Waals surface area (Å²) in [6.07, 6.45) is 1.11. The van der Waals surface area contributed by atoms with Gasteiger partial charge in [-0.1, -0.05) is 54.0 Å². The van der Waals surface area contributed by atoms with Crippen LogP contribution in [0.4, 0.5) is 0 Å². The van der Waals surface area contributed by atoms with Gasteiger partial charge in [-0.05, 0) is 34.4 Å². The van der Waals surface area contributed by atoms with Crippen molar-refractivity contribution in [2.45, 2.75) is 53.4 Å². The van der Waals surface area contributed by atoms with Crippen molar-refractivity contribution >= 4 is 0 Å². The van der Waals surface area contributed by atoms with Crippen molar-refractivity contribution in [3.05, 3.63) is 23.8 Å². The predicted octanol–water partition coefficient (Wildman–Crippen LogP) is 4.45. The van der Waals surface area contributed by atoms with Crippen LogP contribution < -0.4 is 0 Å². The standard InChI is InChI=1S/C16H26O2/c1-7-15(3,4)11(2)16(5,6)12-8-9-13(17)14(18)10-12/h8-11,17-18H,7H2,1-6H3. The molecule has 102 valence electrons. The third-order valence-corrected chi connectivity index (χ3v) is 4.89. The first-order chi connectivity index (χ1) is 8.13. The lowest BCUT2D eigenvalue weighted by Crippen LogP contribution is -2.37. The van der Waals surface area contributed by atoms with Gasteiger partial charge in [-0.3, -0.25) is 0 Å². The third kappa shape index (κ3) is 2.63. The van der Waals surface area contributed by atoms with Crippen LogP contribution in [-0.2, 0) is 5.41 Å². The largest absolute Gasteiger partial charge is 0.504 e. The second kappa shape index (κ2) is 4.83. The fourth-order valence-corrected chi connectivity index (χ4v) is 2.46. The molecule has 1 unspecified atom stereocenters. The molecule has 2 nitrogen and oxygen atoms in total. The van der Waals surface area contributed by atoms with E-state index in [4.69, 9.17) is 0 Å². The van der Waals surface area contributed by atoms with E-state index in [1.54, 1.807) is 12.1 Å². The Hall–Kier alpha value is -1.18. The van der Waals surface area contributed by atoms with Crippen molar-refractivity contribution in [1.82, 2.24) is 0 Å². The monoisotopic (exact) mass is 250 g/mol. The Morgan fingerprint density at radius 3 is 2.06 bits per heavy atom. The minimum absolute atomic E-state index is 0.0397. The molecule has 2 N–H and O–H groups in total. The van der Waals surface area contributed by atoms with Crippen molar-refractivity contribution in [2.75, 3.05) is 0 Å². The Morgan fingerprint density at radius 1 is 1.06 bits per heavy atom. The van der Waals surface area contributed by atoms with E-state index in [9.17, 15) is 10.2 Å². The summed E-state index contributed by atoms with van der Waals surface area (Å²) in [6.45, 7) is 13.4. The Bertz CT molecular complexity index is 419. The average Bonchev–Trinajstić information content (AvgIpc) is 2.31. The summed E-state index contributed by atoms with van der Waals surface area (Å²) in [5, 5.41) is 19.1. The molecule has 0 heterocycles. The molecule has 2 heteroatoms. The maximum Gasteiger partial charge on any atom is 0.157 e. The molecule has 0 saturated heterocycles. The van der Waals surface area contributed by atoms with Crippen molar-refractivity contribution in [1.29, 1.82) is 0 Å². The van der Waals surface area contributed by atoms with Crippen LogP contribution in [0.15, 0.2) is 18.2 Å². The summed E-state index contributed by atoms with van der Waals surface area (Å²) in [7, 11) is 0. The molecule has 0 spiro atoms. The summed E-state index contributed by atoms with van der Waals surface area (Å²) in [4.78, 5) is 0. The van der Waals surface area contributed by atoms with Crippen LogP contribution in [0.2, 0.25) is 0 Å². The average molecular weight is 250 g/mol. The molecule has 0 fully saturated rings. The van der Waals surface area contributed by atoms with Gasteiger partial charge in [-0.25, -0.2) is 0 Å². The number of rotatable bonds is 4.